The van der Waals surface area contributed by atoms with Crippen LogP contribution in [0.5, 0.6) is 0 Å². The van der Waals surface area contributed by atoms with Gasteiger partial charge in [0.15, 0.2) is 5.76 Å². The van der Waals surface area contributed by atoms with Crippen molar-refractivity contribution in [2.45, 2.75) is 43.5 Å². The van der Waals surface area contributed by atoms with Crippen molar-refractivity contribution in [3.8, 4) is 11.5 Å². The monoisotopic (exact) mass is 495 g/mol. The summed E-state index contributed by atoms with van der Waals surface area (Å²) in [7, 11) is -3.64. The van der Waals surface area contributed by atoms with E-state index in [1.807, 2.05) is 25.1 Å². The molecule has 1 amide bonds. The highest BCUT2D eigenvalue weighted by molar-refractivity contribution is 7.89. The first kappa shape index (κ1) is 23.7. The average Bonchev–Trinajstić information content (AvgIpc) is 3.38. The van der Waals surface area contributed by atoms with Crippen molar-refractivity contribution in [2.24, 2.45) is 5.92 Å². The van der Waals surface area contributed by atoms with E-state index in [2.05, 4.69) is 19.9 Å². The number of hydrogen-bond donors (Lipinski definition) is 2. The molecule has 3 aliphatic rings. The Hall–Kier alpha value is -3.08. The van der Waals surface area contributed by atoms with Crippen LogP contribution in [-0.4, -0.2) is 54.9 Å². The van der Waals surface area contributed by atoms with Gasteiger partial charge < -0.3 is 9.73 Å². The zero-order chi connectivity index (χ0) is 24.6. The van der Waals surface area contributed by atoms with Crippen LogP contribution in [0.15, 0.2) is 58.0 Å². The molecule has 4 atom stereocenters. The third-order valence-corrected chi connectivity index (χ3v) is 8.32. The summed E-state index contributed by atoms with van der Waals surface area (Å²) < 4.78 is 34.0. The van der Waals surface area contributed by atoms with Crippen LogP contribution in [0.3, 0.4) is 0 Å². The number of hydrogen-bond acceptors (Lipinski definition) is 7. The Labute approximate surface area is 205 Å². The smallest absolute Gasteiger partial charge is 0.240 e. The fourth-order valence-corrected chi connectivity index (χ4v) is 6.30. The molecule has 5 heterocycles. The summed E-state index contributed by atoms with van der Waals surface area (Å²) in [6, 6.07) is 12.1. The zero-order valence-corrected chi connectivity index (χ0v) is 20.6. The van der Waals surface area contributed by atoms with Gasteiger partial charge in [-0.25, -0.2) is 23.1 Å². The van der Waals surface area contributed by atoms with Gasteiger partial charge in [-0.15, -0.1) is 0 Å². The number of anilines is 1. The van der Waals surface area contributed by atoms with Crippen molar-refractivity contribution in [2.75, 3.05) is 25.0 Å². The molecule has 2 bridgehead atoms. The summed E-state index contributed by atoms with van der Waals surface area (Å²) in [5.74, 6) is 1.97. The lowest BCUT2D eigenvalue weighted by atomic mass is 9.74. The number of sulfonamides is 1. The minimum atomic E-state index is -3.64. The van der Waals surface area contributed by atoms with E-state index in [1.54, 1.807) is 18.4 Å². The molecule has 3 saturated heterocycles. The minimum absolute atomic E-state index is 0.144. The van der Waals surface area contributed by atoms with Crippen molar-refractivity contribution in [1.29, 1.82) is 0 Å². The lowest BCUT2D eigenvalue weighted by Gasteiger charge is -2.49. The fraction of sp³-hybridized carbons (Fsp3) is 0.400. The number of benzene rings is 1. The molecule has 0 saturated carbocycles. The number of nitrogens with zero attached hydrogens (tertiary/aromatic N) is 3. The molecule has 1 unspecified atom stereocenters. The Balaban J connectivity index is 1.25. The third kappa shape index (κ3) is 5.14. The topological polar surface area (TPSA) is 117 Å². The highest BCUT2D eigenvalue weighted by Crippen LogP contribution is 2.41. The van der Waals surface area contributed by atoms with Crippen molar-refractivity contribution in [1.82, 2.24) is 19.6 Å². The summed E-state index contributed by atoms with van der Waals surface area (Å²) in [5.41, 5.74) is 2.38. The van der Waals surface area contributed by atoms with Crippen LogP contribution in [0.2, 0.25) is 0 Å². The summed E-state index contributed by atoms with van der Waals surface area (Å²) in [4.78, 5) is 23.0. The third-order valence-electron chi connectivity index (χ3n) is 6.88. The maximum absolute atomic E-state index is 12.8. The molecule has 0 spiro atoms. The molecule has 184 valence electrons. The standard InChI is InChI=1S/C25H29N5O4S/c1-16-27-23(13-24(28-16)25-4-3-11-34-25)22-15-30-10-9-18(22)12-20(30)14-26-35(32,33)21-7-5-19(6-8-21)29-17(2)31/h3-8,11,13,18,20,22,26H,9-10,12,14-15H2,1-2H3,(H,29,31)/t18-,20+,22+/m0/s1. The SMILES string of the molecule is CC(=O)Nc1ccc(S(=O)(=O)NC[C@H]2C[C@@H]3CCN2C[C@H]3c2cc(-c3ccco3)nc(C)n2)cc1. The first-order valence-corrected chi connectivity index (χ1v) is 13.3. The molecule has 0 aliphatic carbocycles. The van der Waals surface area contributed by atoms with Gasteiger partial charge in [0, 0.05) is 43.4 Å². The van der Waals surface area contributed by atoms with Crippen LogP contribution in [0.25, 0.3) is 11.5 Å². The molecule has 3 aliphatic heterocycles. The summed E-state index contributed by atoms with van der Waals surface area (Å²) in [6.45, 7) is 5.47. The quantitative estimate of drug-likeness (QED) is 0.517. The van der Waals surface area contributed by atoms with E-state index in [0.29, 0.717) is 18.2 Å². The summed E-state index contributed by atoms with van der Waals surface area (Å²) >= 11 is 0. The van der Waals surface area contributed by atoms with E-state index >= 15 is 0 Å². The Kier molecular flexibility index (Phi) is 6.43. The lowest BCUT2D eigenvalue weighted by molar-refractivity contribution is -0.114. The maximum atomic E-state index is 12.8. The second-order valence-electron chi connectivity index (χ2n) is 9.30. The largest absolute Gasteiger partial charge is 0.463 e. The number of carbonyl (C=O) groups excluding carboxylic acids is 1. The minimum Gasteiger partial charge on any atom is -0.463 e. The number of nitrogens with one attached hydrogen (secondary N) is 2. The number of amides is 1. The van der Waals surface area contributed by atoms with E-state index in [1.165, 1.54) is 19.1 Å². The van der Waals surface area contributed by atoms with Crippen molar-refractivity contribution < 1.29 is 17.6 Å². The van der Waals surface area contributed by atoms with Crippen LogP contribution < -0.4 is 10.0 Å². The lowest BCUT2D eigenvalue weighted by Crippen LogP contribution is -2.56. The normalized spacial score (nSPS) is 23.8. The van der Waals surface area contributed by atoms with E-state index < -0.39 is 10.0 Å². The van der Waals surface area contributed by atoms with Gasteiger partial charge in [-0.05, 0) is 74.7 Å². The van der Waals surface area contributed by atoms with E-state index in [9.17, 15) is 13.2 Å². The number of rotatable bonds is 7. The Bertz CT molecular complexity index is 1310. The van der Waals surface area contributed by atoms with Gasteiger partial charge in [0.25, 0.3) is 0 Å². The van der Waals surface area contributed by atoms with Crippen LogP contribution in [0.1, 0.15) is 37.2 Å². The van der Waals surface area contributed by atoms with E-state index in [4.69, 9.17) is 9.40 Å². The number of aryl methyl sites for hydroxylation is 1. The van der Waals surface area contributed by atoms with Gasteiger partial charge in [0.1, 0.15) is 11.5 Å². The molecule has 1 aromatic carbocycles. The molecule has 2 N–H and O–H groups in total. The molecular weight excluding hydrogens is 466 g/mol. The Morgan fingerprint density at radius 1 is 1.20 bits per heavy atom. The number of fused-ring (bicyclic) bond motifs is 3. The second-order valence-corrected chi connectivity index (χ2v) is 11.1. The van der Waals surface area contributed by atoms with Crippen LogP contribution in [-0.2, 0) is 14.8 Å². The Morgan fingerprint density at radius 2 is 2.00 bits per heavy atom. The predicted molar refractivity (Wildman–Crippen MR) is 131 cm³/mol. The Morgan fingerprint density at radius 3 is 2.66 bits per heavy atom. The van der Waals surface area contributed by atoms with Crippen LogP contribution in [0, 0.1) is 12.8 Å². The molecule has 3 fully saturated rings. The number of piperidine rings is 3. The molecule has 35 heavy (non-hydrogen) atoms. The van der Waals surface area contributed by atoms with E-state index in [-0.39, 0.29) is 22.8 Å². The number of carbonyl (C=O) groups is 1. The summed E-state index contributed by atoms with van der Waals surface area (Å²) in [6.07, 6.45) is 3.62. The zero-order valence-electron chi connectivity index (χ0n) is 19.8. The van der Waals surface area contributed by atoms with Crippen LogP contribution in [0.4, 0.5) is 5.69 Å². The molecule has 3 aromatic rings. The number of aromatic nitrogens is 2. The van der Waals surface area contributed by atoms with Gasteiger partial charge in [-0.1, -0.05) is 0 Å². The van der Waals surface area contributed by atoms with Gasteiger partial charge >= 0.3 is 0 Å². The first-order valence-electron chi connectivity index (χ1n) is 11.8. The van der Waals surface area contributed by atoms with Gasteiger partial charge in [-0.3, -0.25) is 9.69 Å². The molecule has 10 heteroatoms. The maximum Gasteiger partial charge on any atom is 0.240 e. The van der Waals surface area contributed by atoms with Gasteiger partial charge in [0.2, 0.25) is 15.9 Å². The average molecular weight is 496 g/mol. The molecule has 0 radical (unpaired) electrons. The van der Waals surface area contributed by atoms with Crippen molar-refractivity contribution in [3.05, 3.63) is 60.2 Å². The van der Waals surface area contributed by atoms with Crippen molar-refractivity contribution in [3.63, 3.8) is 0 Å². The van der Waals surface area contributed by atoms with Crippen molar-refractivity contribution >= 4 is 21.6 Å². The molecule has 2 aromatic heterocycles. The summed E-state index contributed by atoms with van der Waals surface area (Å²) in [5, 5.41) is 2.64. The van der Waals surface area contributed by atoms with Gasteiger partial charge in [-0.2, -0.15) is 0 Å². The van der Waals surface area contributed by atoms with Gasteiger partial charge in [0.05, 0.1) is 11.2 Å². The second kappa shape index (κ2) is 9.52. The fourth-order valence-electron chi connectivity index (χ4n) is 5.23. The highest BCUT2D eigenvalue weighted by atomic mass is 32.2. The van der Waals surface area contributed by atoms with Crippen LogP contribution >= 0.6 is 0 Å². The molecule has 9 nitrogen and oxygen atoms in total. The first-order chi connectivity index (χ1) is 16.8. The number of furan rings is 1. The molecular formula is C25H29N5O4S. The highest BCUT2D eigenvalue weighted by Gasteiger charge is 2.41. The molecule has 6 rings (SSSR count). The predicted octanol–water partition coefficient (Wildman–Crippen LogP) is 3.16. The van der Waals surface area contributed by atoms with E-state index in [0.717, 1.165) is 48.9 Å².